The minimum atomic E-state index is -1.03. The Morgan fingerprint density at radius 2 is 2.00 bits per heavy atom. The predicted molar refractivity (Wildman–Crippen MR) is 77.3 cm³/mol. The highest BCUT2D eigenvalue weighted by molar-refractivity contribution is 7.99. The minimum Gasteiger partial charge on any atom is -0.480 e. The first-order valence-corrected chi connectivity index (χ1v) is 7.52. The number of rotatable bonds is 8. The van der Waals surface area contributed by atoms with E-state index in [1.165, 1.54) is 24.3 Å². The molecule has 110 valence electrons. The van der Waals surface area contributed by atoms with Gasteiger partial charge in [-0.15, -0.1) is 0 Å². The molecule has 0 aliphatic carbocycles. The summed E-state index contributed by atoms with van der Waals surface area (Å²) in [6, 6.07) is 4.70. The van der Waals surface area contributed by atoms with Crippen molar-refractivity contribution in [2.75, 3.05) is 11.5 Å². The Balaban J connectivity index is 2.48. The zero-order valence-electron chi connectivity index (χ0n) is 11.3. The van der Waals surface area contributed by atoms with Gasteiger partial charge in [0.2, 0.25) is 5.91 Å². The first-order valence-electron chi connectivity index (χ1n) is 6.37. The summed E-state index contributed by atoms with van der Waals surface area (Å²) in [4.78, 5) is 22.8. The van der Waals surface area contributed by atoms with Crippen molar-refractivity contribution in [3.63, 3.8) is 0 Å². The average Bonchev–Trinajstić information content (AvgIpc) is 2.40. The Labute approximate surface area is 121 Å². The molecule has 2 N–H and O–H groups in total. The number of carbonyl (C=O) groups excluding carboxylic acids is 1. The zero-order chi connectivity index (χ0) is 15.0. The molecule has 0 bridgehead atoms. The number of carboxylic acids is 1. The van der Waals surface area contributed by atoms with Gasteiger partial charge in [-0.1, -0.05) is 19.1 Å². The molecule has 0 heterocycles. The van der Waals surface area contributed by atoms with E-state index >= 15 is 0 Å². The fraction of sp³-hybridized carbons (Fsp3) is 0.429. The Morgan fingerprint density at radius 3 is 2.55 bits per heavy atom. The summed E-state index contributed by atoms with van der Waals surface area (Å²) in [5.41, 5.74) is 0.649. The smallest absolute Gasteiger partial charge is 0.326 e. The monoisotopic (exact) mass is 299 g/mol. The first kappa shape index (κ1) is 16.5. The molecule has 0 aliphatic rings. The molecule has 0 aromatic heterocycles. The lowest BCUT2D eigenvalue weighted by Crippen LogP contribution is -2.41. The lowest BCUT2D eigenvalue weighted by Gasteiger charge is -2.14. The number of hydrogen-bond acceptors (Lipinski definition) is 3. The standard InChI is InChI=1S/C14H18FNO3S/c1-2-20-8-7-12(14(18)19)16-13(17)9-10-3-5-11(15)6-4-10/h3-6,12H,2,7-9H2,1H3,(H,16,17)(H,18,19). The first-order chi connectivity index (χ1) is 9.52. The van der Waals surface area contributed by atoms with Crippen LogP contribution >= 0.6 is 11.8 Å². The van der Waals surface area contributed by atoms with E-state index in [2.05, 4.69) is 5.32 Å². The number of nitrogens with one attached hydrogen (secondary N) is 1. The summed E-state index contributed by atoms with van der Waals surface area (Å²) < 4.78 is 12.7. The minimum absolute atomic E-state index is 0.0466. The van der Waals surface area contributed by atoms with Gasteiger partial charge >= 0.3 is 5.97 Å². The van der Waals surface area contributed by atoms with E-state index in [9.17, 15) is 14.0 Å². The predicted octanol–water partition coefficient (Wildman–Crippen LogP) is 2.08. The molecule has 1 rings (SSSR count). The van der Waals surface area contributed by atoms with E-state index in [1.54, 1.807) is 11.8 Å². The van der Waals surface area contributed by atoms with Crippen LogP contribution in [-0.2, 0) is 16.0 Å². The lowest BCUT2D eigenvalue weighted by atomic mass is 10.1. The van der Waals surface area contributed by atoms with Crippen LogP contribution in [0, 0.1) is 5.82 Å². The average molecular weight is 299 g/mol. The normalized spacial score (nSPS) is 11.9. The van der Waals surface area contributed by atoms with Gasteiger partial charge in [0.15, 0.2) is 0 Å². The van der Waals surface area contributed by atoms with Gasteiger partial charge in [-0.2, -0.15) is 11.8 Å². The number of benzene rings is 1. The van der Waals surface area contributed by atoms with Crippen LogP contribution < -0.4 is 5.32 Å². The Bertz CT molecular complexity index is 450. The van der Waals surface area contributed by atoms with E-state index < -0.39 is 12.0 Å². The van der Waals surface area contributed by atoms with Gasteiger partial charge in [-0.3, -0.25) is 4.79 Å². The number of hydrogen-bond donors (Lipinski definition) is 2. The largest absolute Gasteiger partial charge is 0.480 e. The SMILES string of the molecule is CCSCCC(NC(=O)Cc1ccc(F)cc1)C(=O)O. The number of halogens is 1. The van der Waals surface area contributed by atoms with E-state index in [1.807, 2.05) is 6.92 Å². The highest BCUT2D eigenvalue weighted by Crippen LogP contribution is 2.06. The fourth-order valence-corrected chi connectivity index (χ4v) is 2.33. The molecule has 1 aromatic carbocycles. The summed E-state index contributed by atoms with van der Waals surface area (Å²) in [6.07, 6.45) is 0.438. The summed E-state index contributed by atoms with van der Waals surface area (Å²) in [6.45, 7) is 1.99. The van der Waals surface area contributed by atoms with Crippen LogP contribution in [0.3, 0.4) is 0 Å². The maximum atomic E-state index is 12.7. The van der Waals surface area contributed by atoms with Crippen LogP contribution in [0.25, 0.3) is 0 Å². The molecule has 0 saturated carbocycles. The molecule has 0 fully saturated rings. The van der Waals surface area contributed by atoms with Crippen LogP contribution in [0.1, 0.15) is 18.9 Å². The second kappa shape index (κ2) is 8.58. The number of amides is 1. The number of thioether (sulfide) groups is 1. The van der Waals surface area contributed by atoms with Gasteiger partial charge in [0, 0.05) is 0 Å². The summed E-state index contributed by atoms with van der Waals surface area (Å²) in [7, 11) is 0. The summed E-state index contributed by atoms with van der Waals surface area (Å²) in [5.74, 6) is -0.172. The van der Waals surface area contributed by atoms with Crippen LogP contribution in [-0.4, -0.2) is 34.5 Å². The zero-order valence-corrected chi connectivity index (χ0v) is 12.1. The molecular weight excluding hydrogens is 281 g/mol. The topological polar surface area (TPSA) is 66.4 Å². The highest BCUT2D eigenvalue weighted by Gasteiger charge is 2.19. The molecule has 0 radical (unpaired) electrons. The second-order valence-corrected chi connectivity index (χ2v) is 5.64. The van der Waals surface area contributed by atoms with Gasteiger partial charge < -0.3 is 10.4 Å². The van der Waals surface area contributed by atoms with Crippen molar-refractivity contribution in [1.82, 2.24) is 5.32 Å². The fourth-order valence-electron chi connectivity index (χ4n) is 1.64. The molecule has 0 saturated heterocycles. The van der Waals surface area contributed by atoms with E-state index in [-0.39, 0.29) is 18.1 Å². The molecular formula is C14H18FNO3S. The third kappa shape index (κ3) is 6.06. The molecule has 1 aromatic rings. The second-order valence-electron chi connectivity index (χ2n) is 4.25. The van der Waals surface area contributed by atoms with Crippen LogP contribution in [0.15, 0.2) is 24.3 Å². The summed E-state index contributed by atoms with van der Waals surface area (Å²) >= 11 is 1.63. The molecule has 1 unspecified atom stereocenters. The molecule has 1 atom stereocenters. The van der Waals surface area contributed by atoms with Crippen molar-refractivity contribution in [3.8, 4) is 0 Å². The van der Waals surface area contributed by atoms with Gasteiger partial charge in [0.1, 0.15) is 11.9 Å². The number of carbonyl (C=O) groups is 2. The maximum absolute atomic E-state index is 12.7. The van der Waals surface area contributed by atoms with Crippen molar-refractivity contribution in [2.24, 2.45) is 0 Å². The van der Waals surface area contributed by atoms with Crippen molar-refractivity contribution < 1.29 is 19.1 Å². The molecule has 0 spiro atoms. The van der Waals surface area contributed by atoms with Gasteiger partial charge in [-0.25, -0.2) is 9.18 Å². The van der Waals surface area contributed by atoms with Crippen LogP contribution in [0.4, 0.5) is 4.39 Å². The van der Waals surface area contributed by atoms with Crippen molar-refractivity contribution >= 4 is 23.6 Å². The lowest BCUT2D eigenvalue weighted by molar-refractivity contribution is -0.141. The van der Waals surface area contributed by atoms with E-state index in [0.29, 0.717) is 17.7 Å². The molecule has 6 heteroatoms. The Morgan fingerprint density at radius 1 is 1.35 bits per heavy atom. The van der Waals surface area contributed by atoms with Crippen molar-refractivity contribution in [2.45, 2.75) is 25.8 Å². The quantitative estimate of drug-likeness (QED) is 0.721. The van der Waals surface area contributed by atoms with Crippen LogP contribution in [0.5, 0.6) is 0 Å². The number of aliphatic carboxylic acids is 1. The van der Waals surface area contributed by atoms with Crippen molar-refractivity contribution in [1.29, 1.82) is 0 Å². The van der Waals surface area contributed by atoms with E-state index in [4.69, 9.17) is 5.11 Å². The van der Waals surface area contributed by atoms with Crippen molar-refractivity contribution in [3.05, 3.63) is 35.6 Å². The molecule has 20 heavy (non-hydrogen) atoms. The Hall–Kier alpha value is -1.56. The third-order valence-corrected chi connectivity index (χ3v) is 3.60. The maximum Gasteiger partial charge on any atom is 0.326 e. The van der Waals surface area contributed by atoms with Gasteiger partial charge in [-0.05, 0) is 35.6 Å². The third-order valence-electron chi connectivity index (χ3n) is 2.67. The van der Waals surface area contributed by atoms with Crippen LogP contribution in [0.2, 0.25) is 0 Å². The van der Waals surface area contributed by atoms with Gasteiger partial charge in [0.25, 0.3) is 0 Å². The molecule has 0 aliphatic heterocycles. The number of carboxylic acid groups (broad SMARTS) is 1. The molecule has 1 amide bonds. The van der Waals surface area contributed by atoms with Gasteiger partial charge in [0.05, 0.1) is 6.42 Å². The Kier molecular flexibility index (Phi) is 7.08. The van der Waals surface area contributed by atoms with E-state index in [0.717, 1.165) is 5.75 Å². The highest BCUT2D eigenvalue weighted by atomic mass is 32.2. The molecule has 4 nitrogen and oxygen atoms in total. The summed E-state index contributed by atoms with van der Waals surface area (Å²) in [5, 5.41) is 11.5.